The number of amidine groups is 1. The number of carbonyl (C=O) groups excluding carboxylic acids is 1. The van der Waals surface area contributed by atoms with Crippen LogP contribution in [-0.2, 0) is 16.7 Å². The highest BCUT2D eigenvalue weighted by Gasteiger charge is 2.32. The van der Waals surface area contributed by atoms with Gasteiger partial charge in [-0.25, -0.2) is 18.8 Å². The van der Waals surface area contributed by atoms with Crippen LogP contribution in [0.15, 0.2) is 47.3 Å². The van der Waals surface area contributed by atoms with E-state index in [2.05, 4.69) is 14.7 Å². The van der Waals surface area contributed by atoms with Gasteiger partial charge in [0.25, 0.3) is 6.02 Å². The Kier molecular flexibility index (Phi) is 6.28. The van der Waals surface area contributed by atoms with Gasteiger partial charge in [-0.1, -0.05) is 6.07 Å². The molecule has 31 heavy (non-hydrogen) atoms. The molecule has 0 unspecified atom stereocenters. The number of allylic oxidation sites excluding steroid dienone is 1. The Bertz CT molecular complexity index is 1070. The Balaban J connectivity index is 1.88. The van der Waals surface area contributed by atoms with Gasteiger partial charge in [0.1, 0.15) is 35.2 Å². The van der Waals surface area contributed by atoms with E-state index in [9.17, 15) is 22.4 Å². The Hall–Kier alpha value is -3.43. The van der Waals surface area contributed by atoms with Crippen molar-refractivity contribution in [3.05, 3.63) is 70.5 Å². The zero-order chi connectivity index (χ0) is 22.8. The van der Waals surface area contributed by atoms with Crippen LogP contribution in [0, 0.1) is 12.7 Å². The molecule has 2 heterocycles. The number of aromatic nitrogens is 1. The first-order valence-electron chi connectivity index (χ1n) is 9.15. The summed E-state index contributed by atoms with van der Waals surface area (Å²) in [6.07, 6.45) is 2.22. The largest absolute Gasteiger partial charge is 0.433 e. The number of hydrogen-bond acceptors (Lipinski definition) is 6. The third-order valence-electron chi connectivity index (χ3n) is 4.64. The lowest BCUT2D eigenvalue weighted by Crippen LogP contribution is -2.31. The number of Topliss-reactive ketones (excluding diaryl/α,β-unsaturated/α-hetero) is 1. The van der Waals surface area contributed by atoms with Crippen LogP contribution >= 0.6 is 0 Å². The molecule has 1 aromatic heterocycles. The van der Waals surface area contributed by atoms with Gasteiger partial charge in [-0.3, -0.25) is 4.79 Å². The minimum Gasteiger partial charge on any atom is -0.433 e. The number of nitrogens with zero attached hydrogens (tertiary/aromatic N) is 2. The van der Waals surface area contributed by atoms with Crippen molar-refractivity contribution in [1.82, 2.24) is 4.98 Å². The van der Waals surface area contributed by atoms with Crippen molar-refractivity contribution in [2.45, 2.75) is 32.4 Å². The number of hydrogen-bond donors (Lipinski definition) is 1. The van der Waals surface area contributed by atoms with Crippen molar-refractivity contribution in [3.63, 3.8) is 0 Å². The smallest absolute Gasteiger partial charge is 0.387 e. The number of rotatable bonds is 7. The fourth-order valence-electron chi connectivity index (χ4n) is 3.31. The number of nitrogens with two attached hydrogens (primary N) is 1. The minimum absolute atomic E-state index is 0.0756. The first kappa shape index (κ1) is 22.3. The Labute approximate surface area is 175 Å². The van der Waals surface area contributed by atoms with Gasteiger partial charge in [-0.2, -0.15) is 8.78 Å². The van der Waals surface area contributed by atoms with E-state index < -0.39 is 30.4 Å². The third-order valence-corrected chi connectivity index (χ3v) is 4.64. The molecule has 0 radical (unpaired) electrons. The number of halogens is 4. The Morgan fingerprint density at radius 1 is 1.32 bits per heavy atom. The molecule has 2 N–H and O–H groups in total. The molecule has 0 saturated carbocycles. The molecule has 3 rings (SSSR count). The lowest BCUT2D eigenvalue weighted by Gasteiger charge is -2.28. The zero-order valence-corrected chi connectivity index (χ0v) is 16.7. The van der Waals surface area contributed by atoms with Crippen LogP contribution in [0.5, 0.6) is 5.75 Å². The third kappa shape index (κ3) is 5.01. The zero-order valence-electron chi connectivity index (χ0n) is 16.7. The van der Waals surface area contributed by atoms with Gasteiger partial charge >= 0.3 is 6.61 Å². The van der Waals surface area contributed by atoms with Crippen LogP contribution in [0.1, 0.15) is 34.1 Å². The van der Waals surface area contributed by atoms with Crippen molar-refractivity contribution in [2.75, 3.05) is 6.67 Å². The first-order valence-corrected chi connectivity index (χ1v) is 9.15. The fraction of sp³-hybridized carbons (Fsp3) is 0.286. The molecular weight excluding hydrogens is 418 g/mol. The number of aryl methyl sites for hydroxylation is 1. The second-order valence-corrected chi connectivity index (χ2v) is 7.07. The molecule has 10 heteroatoms. The van der Waals surface area contributed by atoms with E-state index in [4.69, 9.17) is 10.5 Å². The van der Waals surface area contributed by atoms with Gasteiger partial charge in [0, 0.05) is 12.0 Å². The van der Waals surface area contributed by atoms with Gasteiger partial charge in [0.15, 0.2) is 5.78 Å². The molecule has 1 aliphatic rings. The summed E-state index contributed by atoms with van der Waals surface area (Å²) < 4.78 is 61.6. The highest BCUT2D eigenvalue weighted by Crippen LogP contribution is 2.34. The summed E-state index contributed by atoms with van der Waals surface area (Å²) in [5.74, 6) is -1.28. The normalized spacial score (nSPS) is 18.3. The van der Waals surface area contributed by atoms with Crippen molar-refractivity contribution < 1.29 is 31.8 Å². The predicted molar refractivity (Wildman–Crippen MR) is 104 cm³/mol. The summed E-state index contributed by atoms with van der Waals surface area (Å²) >= 11 is 0. The fourth-order valence-corrected chi connectivity index (χ4v) is 3.31. The van der Waals surface area contributed by atoms with Crippen LogP contribution in [0.25, 0.3) is 0 Å². The maximum Gasteiger partial charge on any atom is 0.387 e. The van der Waals surface area contributed by atoms with E-state index in [1.807, 2.05) is 0 Å². The van der Waals surface area contributed by atoms with E-state index in [0.717, 1.165) is 6.20 Å². The summed E-state index contributed by atoms with van der Waals surface area (Å²) in [4.78, 5) is 20.7. The predicted octanol–water partition coefficient (Wildman–Crippen LogP) is 3.97. The van der Waals surface area contributed by atoms with Crippen molar-refractivity contribution in [3.8, 4) is 5.75 Å². The van der Waals surface area contributed by atoms with Crippen LogP contribution < -0.4 is 10.5 Å². The number of alkyl halides is 3. The second kappa shape index (κ2) is 8.75. The second-order valence-electron chi connectivity index (χ2n) is 7.07. The Morgan fingerprint density at radius 3 is 2.71 bits per heavy atom. The number of carbonyl (C=O) groups is 1. The molecule has 1 aliphatic heterocycles. The molecule has 0 saturated heterocycles. The van der Waals surface area contributed by atoms with Gasteiger partial charge < -0.3 is 15.2 Å². The van der Waals surface area contributed by atoms with Crippen molar-refractivity contribution >= 4 is 11.8 Å². The maximum atomic E-state index is 14.6. The molecule has 6 nitrogen and oxygen atoms in total. The first-order chi connectivity index (χ1) is 14.6. The van der Waals surface area contributed by atoms with E-state index in [1.54, 1.807) is 6.92 Å². The summed E-state index contributed by atoms with van der Waals surface area (Å²) in [7, 11) is 0. The molecule has 0 bridgehead atoms. The summed E-state index contributed by atoms with van der Waals surface area (Å²) in [6, 6.07) is 5.02. The SMILES string of the molecule is Cc1cc(OC(F)F)cnc1C(=O)Cc1ccc(F)c([C@]2(C)C=C(CF)OC(N)=N2)c1. The summed E-state index contributed by atoms with van der Waals surface area (Å²) in [5.41, 5.74) is 5.24. The average Bonchev–Trinajstić information content (AvgIpc) is 2.68. The average molecular weight is 437 g/mol. The number of aliphatic imine (C=N–C) groups is 1. The van der Waals surface area contributed by atoms with E-state index in [0.29, 0.717) is 11.1 Å². The van der Waals surface area contributed by atoms with Gasteiger partial charge in [-0.05, 0) is 49.2 Å². The molecule has 164 valence electrons. The van der Waals surface area contributed by atoms with Gasteiger partial charge in [0.2, 0.25) is 0 Å². The molecule has 2 aromatic rings. The molecule has 1 aromatic carbocycles. The molecule has 0 fully saturated rings. The molecular formula is C21H19F4N3O3. The van der Waals surface area contributed by atoms with E-state index >= 15 is 0 Å². The van der Waals surface area contributed by atoms with E-state index in [1.165, 1.54) is 37.3 Å². The van der Waals surface area contributed by atoms with Crippen LogP contribution in [-0.4, -0.2) is 30.1 Å². The maximum absolute atomic E-state index is 14.6. The molecule has 1 atom stereocenters. The monoisotopic (exact) mass is 437 g/mol. The van der Waals surface area contributed by atoms with Gasteiger partial charge in [-0.15, -0.1) is 0 Å². The quantitative estimate of drug-likeness (QED) is 0.523. The minimum atomic E-state index is -3.00. The Morgan fingerprint density at radius 2 is 2.06 bits per heavy atom. The van der Waals surface area contributed by atoms with E-state index in [-0.39, 0.29) is 35.2 Å². The number of pyridine rings is 1. The molecule has 0 aliphatic carbocycles. The lowest BCUT2D eigenvalue weighted by molar-refractivity contribution is -0.0501. The standard InChI is InChI=1S/C21H19F4N3O3/c1-11-5-13(30-19(24)25)10-27-18(11)17(29)7-12-3-4-16(23)15(6-12)21(2)8-14(9-22)31-20(26)28-21/h3-6,8,10,19H,7,9H2,1-2H3,(H2,26,28)/t21-/m0/s1. The topological polar surface area (TPSA) is 86.8 Å². The highest BCUT2D eigenvalue weighted by atomic mass is 19.3. The number of ether oxygens (including phenoxy) is 2. The lowest BCUT2D eigenvalue weighted by atomic mass is 9.88. The van der Waals surface area contributed by atoms with Crippen LogP contribution in [0.4, 0.5) is 17.6 Å². The molecule has 0 amide bonds. The van der Waals surface area contributed by atoms with Crippen molar-refractivity contribution in [1.29, 1.82) is 0 Å². The molecule has 0 spiro atoms. The van der Waals surface area contributed by atoms with Gasteiger partial charge in [0.05, 0.1) is 6.20 Å². The highest BCUT2D eigenvalue weighted by molar-refractivity contribution is 5.97. The summed E-state index contributed by atoms with van der Waals surface area (Å²) in [5, 5.41) is 0. The number of ketones is 1. The summed E-state index contributed by atoms with van der Waals surface area (Å²) in [6.45, 7) is -0.869. The number of benzene rings is 1. The van der Waals surface area contributed by atoms with Crippen LogP contribution in [0.2, 0.25) is 0 Å². The van der Waals surface area contributed by atoms with Crippen LogP contribution in [0.3, 0.4) is 0 Å². The van der Waals surface area contributed by atoms with Crippen molar-refractivity contribution in [2.24, 2.45) is 10.7 Å².